The van der Waals surface area contributed by atoms with Crippen LogP contribution in [0.4, 0.5) is 0 Å². The Kier molecular flexibility index (Phi) is 1.58. The van der Waals surface area contributed by atoms with Crippen molar-refractivity contribution in [2.75, 3.05) is 6.54 Å². The number of rotatable bonds is 1. The Morgan fingerprint density at radius 2 is 2.64 bits per heavy atom. The molecule has 11 heavy (non-hydrogen) atoms. The Hall–Kier alpha value is -0.960. The first-order valence-electron chi connectivity index (χ1n) is 3.93. The van der Waals surface area contributed by atoms with Gasteiger partial charge in [0.15, 0.2) is 6.23 Å². The minimum atomic E-state index is 0.00255. The average Bonchev–Trinajstić information content (AvgIpc) is 2.46. The molecule has 0 saturated carbocycles. The van der Waals surface area contributed by atoms with Crippen LogP contribution < -0.4 is 11.1 Å². The predicted molar refractivity (Wildman–Crippen MR) is 42.5 cm³/mol. The largest absolute Gasteiger partial charge is 0.468 e. The highest BCUT2D eigenvalue weighted by atomic mass is 16.5. The van der Waals surface area contributed by atoms with Crippen LogP contribution in [0.5, 0.6) is 0 Å². The van der Waals surface area contributed by atoms with Gasteiger partial charge in [-0.1, -0.05) is 6.08 Å². The molecule has 0 fully saturated rings. The summed E-state index contributed by atoms with van der Waals surface area (Å²) in [5, 5.41) is 3.22. The highest BCUT2D eigenvalue weighted by Gasteiger charge is 2.22. The molecule has 0 radical (unpaired) electrons. The number of ether oxygens (including phenoxy) is 1. The van der Waals surface area contributed by atoms with Crippen molar-refractivity contribution in [1.29, 1.82) is 0 Å². The van der Waals surface area contributed by atoms with E-state index in [1.165, 1.54) is 5.70 Å². The fourth-order valence-corrected chi connectivity index (χ4v) is 1.38. The number of nitrogens with two attached hydrogens (primary N) is 1. The van der Waals surface area contributed by atoms with Gasteiger partial charge in [-0.25, -0.2) is 0 Å². The zero-order valence-corrected chi connectivity index (χ0v) is 6.34. The fraction of sp³-hybridized carbons (Fsp3) is 0.500. The standard InChI is InChI=1S/C8H12N2O/c9-5-8-10-6-3-1-2-4-7(6)11-8/h2,4,8,10H,1,3,5,9H2. The Balaban J connectivity index is 2.10. The second-order valence-corrected chi connectivity index (χ2v) is 2.77. The molecule has 0 aromatic rings. The number of hydrogen-bond donors (Lipinski definition) is 2. The summed E-state index contributed by atoms with van der Waals surface area (Å²) in [6, 6.07) is 0. The topological polar surface area (TPSA) is 47.3 Å². The predicted octanol–water partition coefficient (Wildman–Crippen LogP) is 0.453. The van der Waals surface area contributed by atoms with Crippen LogP contribution in [-0.2, 0) is 4.74 Å². The van der Waals surface area contributed by atoms with E-state index in [-0.39, 0.29) is 6.23 Å². The number of nitrogens with one attached hydrogen (secondary N) is 1. The lowest BCUT2D eigenvalue weighted by molar-refractivity contribution is 0.143. The minimum absolute atomic E-state index is 0.00255. The normalized spacial score (nSPS) is 27.9. The van der Waals surface area contributed by atoms with Crippen LogP contribution in [0.1, 0.15) is 12.8 Å². The molecular weight excluding hydrogens is 140 g/mol. The lowest BCUT2D eigenvalue weighted by Gasteiger charge is -2.08. The summed E-state index contributed by atoms with van der Waals surface area (Å²) in [5.74, 6) is 0.978. The summed E-state index contributed by atoms with van der Waals surface area (Å²) in [4.78, 5) is 0. The van der Waals surface area contributed by atoms with Crippen LogP contribution in [0, 0.1) is 0 Å². The summed E-state index contributed by atoms with van der Waals surface area (Å²) in [6.45, 7) is 0.529. The molecule has 1 heterocycles. The molecule has 1 aliphatic heterocycles. The Morgan fingerprint density at radius 3 is 3.36 bits per heavy atom. The molecule has 0 aromatic carbocycles. The maximum absolute atomic E-state index is 5.47. The van der Waals surface area contributed by atoms with Gasteiger partial charge in [-0.3, -0.25) is 0 Å². The van der Waals surface area contributed by atoms with Crippen molar-refractivity contribution < 1.29 is 4.74 Å². The molecule has 2 rings (SSSR count). The van der Waals surface area contributed by atoms with Gasteiger partial charge in [-0.2, -0.15) is 0 Å². The van der Waals surface area contributed by atoms with E-state index in [0.29, 0.717) is 6.54 Å². The lowest BCUT2D eigenvalue weighted by atomic mass is 10.1. The van der Waals surface area contributed by atoms with Crippen molar-refractivity contribution in [3.63, 3.8) is 0 Å². The van der Waals surface area contributed by atoms with Crippen LogP contribution in [0.25, 0.3) is 0 Å². The Bertz CT molecular complexity index is 220. The summed E-state index contributed by atoms with van der Waals surface area (Å²) in [5.41, 5.74) is 6.66. The van der Waals surface area contributed by atoms with Gasteiger partial charge in [0.25, 0.3) is 0 Å². The fourth-order valence-electron chi connectivity index (χ4n) is 1.38. The van der Waals surface area contributed by atoms with E-state index >= 15 is 0 Å². The molecule has 1 atom stereocenters. The van der Waals surface area contributed by atoms with Crippen LogP contribution in [0.3, 0.4) is 0 Å². The molecule has 1 unspecified atom stereocenters. The third-order valence-corrected chi connectivity index (χ3v) is 1.95. The molecular formula is C8H12N2O. The van der Waals surface area contributed by atoms with Gasteiger partial charge in [0.1, 0.15) is 5.76 Å². The lowest BCUT2D eigenvalue weighted by Crippen LogP contribution is -2.32. The first-order valence-corrected chi connectivity index (χ1v) is 3.93. The molecule has 0 amide bonds. The van der Waals surface area contributed by atoms with E-state index in [2.05, 4.69) is 11.4 Å². The van der Waals surface area contributed by atoms with Gasteiger partial charge >= 0.3 is 0 Å². The first-order chi connectivity index (χ1) is 5.40. The van der Waals surface area contributed by atoms with Gasteiger partial charge in [0.05, 0.1) is 5.70 Å². The minimum Gasteiger partial charge on any atom is -0.468 e. The molecule has 3 N–H and O–H groups in total. The maximum Gasteiger partial charge on any atom is 0.182 e. The van der Waals surface area contributed by atoms with Crippen LogP contribution in [0.15, 0.2) is 23.6 Å². The van der Waals surface area contributed by atoms with Gasteiger partial charge < -0.3 is 15.8 Å². The molecule has 60 valence electrons. The molecule has 3 nitrogen and oxygen atoms in total. The van der Waals surface area contributed by atoms with Gasteiger partial charge in [0.2, 0.25) is 0 Å². The molecule has 0 bridgehead atoms. The second-order valence-electron chi connectivity index (χ2n) is 2.77. The van der Waals surface area contributed by atoms with Crippen molar-refractivity contribution in [2.45, 2.75) is 19.1 Å². The molecule has 0 aromatic heterocycles. The van der Waals surface area contributed by atoms with Crippen molar-refractivity contribution in [1.82, 2.24) is 5.32 Å². The quantitative estimate of drug-likeness (QED) is 0.573. The molecule has 2 aliphatic rings. The third-order valence-electron chi connectivity index (χ3n) is 1.95. The van der Waals surface area contributed by atoms with Crippen molar-refractivity contribution in [2.24, 2.45) is 5.73 Å². The van der Waals surface area contributed by atoms with E-state index in [1.54, 1.807) is 0 Å². The molecule has 1 aliphatic carbocycles. The highest BCUT2D eigenvalue weighted by molar-refractivity contribution is 5.26. The first kappa shape index (κ1) is 6.73. The Labute approximate surface area is 65.9 Å². The summed E-state index contributed by atoms with van der Waals surface area (Å²) < 4.78 is 5.47. The van der Waals surface area contributed by atoms with E-state index in [1.807, 2.05) is 6.08 Å². The summed E-state index contributed by atoms with van der Waals surface area (Å²) >= 11 is 0. The SMILES string of the molecule is NCC1NC2=C(C=CCC2)O1. The van der Waals surface area contributed by atoms with Crippen molar-refractivity contribution in [3.8, 4) is 0 Å². The zero-order chi connectivity index (χ0) is 7.68. The van der Waals surface area contributed by atoms with Gasteiger partial charge in [-0.05, 0) is 18.9 Å². The summed E-state index contributed by atoms with van der Waals surface area (Å²) in [7, 11) is 0. The van der Waals surface area contributed by atoms with E-state index in [4.69, 9.17) is 10.5 Å². The van der Waals surface area contributed by atoms with Crippen molar-refractivity contribution in [3.05, 3.63) is 23.6 Å². The second kappa shape index (κ2) is 2.58. The van der Waals surface area contributed by atoms with Crippen LogP contribution >= 0.6 is 0 Å². The monoisotopic (exact) mass is 152 g/mol. The molecule has 0 spiro atoms. The number of hydrogen-bond acceptors (Lipinski definition) is 3. The summed E-state index contributed by atoms with van der Waals surface area (Å²) in [6.07, 6.45) is 6.30. The number of allylic oxidation sites excluding steroid dienone is 3. The van der Waals surface area contributed by atoms with E-state index < -0.39 is 0 Å². The van der Waals surface area contributed by atoms with Gasteiger partial charge in [0, 0.05) is 6.54 Å². The maximum atomic E-state index is 5.47. The molecule has 0 saturated heterocycles. The average molecular weight is 152 g/mol. The van der Waals surface area contributed by atoms with E-state index in [0.717, 1.165) is 18.6 Å². The third kappa shape index (κ3) is 1.12. The smallest absolute Gasteiger partial charge is 0.182 e. The van der Waals surface area contributed by atoms with Crippen LogP contribution in [-0.4, -0.2) is 12.8 Å². The highest BCUT2D eigenvalue weighted by Crippen LogP contribution is 2.23. The Morgan fingerprint density at radius 1 is 1.73 bits per heavy atom. The van der Waals surface area contributed by atoms with Gasteiger partial charge in [-0.15, -0.1) is 0 Å². The van der Waals surface area contributed by atoms with E-state index in [9.17, 15) is 0 Å². The zero-order valence-electron chi connectivity index (χ0n) is 6.34. The van der Waals surface area contributed by atoms with Crippen molar-refractivity contribution >= 4 is 0 Å². The molecule has 3 heteroatoms. The van der Waals surface area contributed by atoms with Crippen LogP contribution in [0.2, 0.25) is 0 Å².